The van der Waals surface area contributed by atoms with E-state index in [0.29, 0.717) is 12.5 Å². The minimum Gasteiger partial charge on any atom is -0.469 e. The minimum absolute atomic E-state index is 0.345. The van der Waals surface area contributed by atoms with Gasteiger partial charge in [-0.2, -0.15) is 0 Å². The van der Waals surface area contributed by atoms with E-state index in [0.717, 1.165) is 12.2 Å². The molecule has 0 aliphatic heterocycles. The summed E-state index contributed by atoms with van der Waals surface area (Å²) in [5.74, 6) is 1.34. The molecule has 0 fully saturated rings. The lowest BCUT2D eigenvalue weighted by atomic mass is 9.95. The van der Waals surface area contributed by atoms with Crippen molar-refractivity contribution in [3.05, 3.63) is 60.1 Å². The van der Waals surface area contributed by atoms with E-state index in [1.54, 1.807) is 6.26 Å². The minimum atomic E-state index is 0.345. The molecule has 1 heterocycles. The van der Waals surface area contributed by atoms with Gasteiger partial charge >= 0.3 is 0 Å². The highest BCUT2D eigenvalue weighted by Crippen LogP contribution is 2.19. The van der Waals surface area contributed by atoms with Crippen molar-refractivity contribution >= 4 is 0 Å². The fraction of sp³-hybridized carbons (Fsp3) is 0.231. The Balaban J connectivity index is 2.12. The van der Waals surface area contributed by atoms with E-state index in [9.17, 15) is 0 Å². The van der Waals surface area contributed by atoms with Crippen molar-refractivity contribution < 1.29 is 4.42 Å². The van der Waals surface area contributed by atoms with E-state index in [-0.39, 0.29) is 0 Å². The van der Waals surface area contributed by atoms with Crippen molar-refractivity contribution in [2.45, 2.75) is 12.3 Å². The summed E-state index contributed by atoms with van der Waals surface area (Å²) in [6, 6.07) is 14.2. The van der Waals surface area contributed by atoms with Crippen molar-refractivity contribution in [3.63, 3.8) is 0 Å². The molecule has 0 amide bonds. The van der Waals surface area contributed by atoms with Crippen LogP contribution in [0.1, 0.15) is 17.2 Å². The van der Waals surface area contributed by atoms with Crippen molar-refractivity contribution in [1.82, 2.24) is 0 Å². The topological polar surface area (TPSA) is 39.2 Å². The van der Waals surface area contributed by atoms with Gasteiger partial charge in [0.1, 0.15) is 5.76 Å². The highest BCUT2D eigenvalue weighted by Gasteiger charge is 2.11. The van der Waals surface area contributed by atoms with E-state index in [4.69, 9.17) is 10.2 Å². The molecule has 2 heteroatoms. The maximum absolute atomic E-state index is 5.78. The highest BCUT2D eigenvalue weighted by atomic mass is 16.3. The number of furan rings is 1. The number of rotatable bonds is 4. The Labute approximate surface area is 89.7 Å². The summed E-state index contributed by atoms with van der Waals surface area (Å²) < 4.78 is 5.33. The van der Waals surface area contributed by atoms with E-state index >= 15 is 0 Å². The summed E-state index contributed by atoms with van der Waals surface area (Å²) in [6.45, 7) is 0.644. The molecule has 2 aromatic rings. The molecular weight excluding hydrogens is 186 g/mol. The smallest absolute Gasteiger partial charge is 0.104 e. The zero-order valence-corrected chi connectivity index (χ0v) is 8.60. The predicted octanol–water partition coefficient (Wildman–Crippen LogP) is 2.56. The van der Waals surface area contributed by atoms with E-state index in [1.165, 1.54) is 5.56 Å². The van der Waals surface area contributed by atoms with Gasteiger partial charge in [0.15, 0.2) is 0 Å². The molecule has 1 aromatic heterocycles. The molecule has 2 N–H and O–H groups in total. The third kappa shape index (κ3) is 2.48. The third-order valence-electron chi connectivity index (χ3n) is 2.58. The van der Waals surface area contributed by atoms with Gasteiger partial charge in [-0.15, -0.1) is 0 Å². The fourth-order valence-electron chi connectivity index (χ4n) is 1.73. The summed E-state index contributed by atoms with van der Waals surface area (Å²) >= 11 is 0. The van der Waals surface area contributed by atoms with Gasteiger partial charge in [-0.3, -0.25) is 0 Å². The highest BCUT2D eigenvalue weighted by molar-refractivity contribution is 5.21. The largest absolute Gasteiger partial charge is 0.469 e. The van der Waals surface area contributed by atoms with Crippen LogP contribution in [0.15, 0.2) is 53.1 Å². The van der Waals surface area contributed by atoms with Gasteiger partial charge in [-0.1, -0.05) is 30.3 Å². The molecule has 15 heavy (non-hydrogen) atoms. The first-order valence-corrected chi connectivity index (χ1v) is 5.17. The number of nitrogens with two attached hydrogens (primary N) is 1. The Morgan fingerprint density at radius 1 is 1.07 bits per heavy atom. The summed E-state index contributed by atoms with van der Waals surface area (Å²) in [7, 11) is 0. The van der Waals surface area contributed by atoms with Gasteiger partial charge in [0.25, 0.3) is 0 Å². The van der Waals surface area contributed by atoms with Crippen molar-refractivity contribution in [3.8, 4) is 0 Å². The van der Waals surface area contributed by atoms with Crippen LogP contribution >= 0.6 is 0 Å². The van der Waals surface area contributed by atoms with Crippen LogP contribution in [0.5, 0.6) is 0 Å². The lowest BCUT2D eigenvalue weighted by Gasteiger charge is -2.13. The monoisotopic (exact) mass is 201 g/mol. The Morgan fingerprint density at radius 3 is 2.47 bits per heavy atom. The van der Waals surface area contributed by atoms with Crippen molar-refractivity contribution in [2.24, 2.45) is 5.73 Å². The molecule has 0 bridgehead atoms. The molecular formula is C13H15NO. The summed E-state index contributed by atoms with van der Waals surface area (Å²) in [4.78, 5) is 0. The van der Waals surface area contributed by atoms with Crippen LogP contribution in [-0.2, 0) is 6.42 Å². The number of hydrogen-bond donors (Lipinski definition) is 1. The Morgan fingerprint density at radius 2 is 1.87 bits per heavy atom. The zero-order valence-electron chi connectivity index (χ0n) is 8.60. The maximum atomic E-state index is 5.78. The third-order valence-corrected chi connectivity index (χ3v) is 2.58. The summed E-state index contributed by atoms with van der Waals surface area (Å²) in [6.07, 6.45) is 2.57. The van der Waals surface area contributed by atoms with Crippen molar-refractivity contribution in [1.29, 1.82) is 0 Å². The van der Waals surface area contributed by atoms with Crippen LogP contribution in [0.3, 0.4) is 0 Å². The Kier molecular flexibility index (Phi) is 3.20. The first-order valence-electron chi connectivity index (χ1n) is 5.17. The van der Waals surface area contributed by atoms with Gasteiger partial charge in [0.2, 0.25) is 0 Å². The zero-order chi connectivity index (χ0) is 10.5. The standard InChI is InChI=1S/C13H15NO/c14-10-12(9-13-7-4-8-15-13)11-5-2-1-3-6-11/h1-8,12H,9-10,14H2. The fourth-order valence-corrected chi connectivity index (χ4v) is 1.73. The average Bonchev–Trinajstić information content (AvgIpc) is 2.80. The van der Waals surface area contributed by atoms with Gasteiger partial charge < -0.3 is 10.2 Å². The average molecular weight is 201 g/mol. The van der Waals surface area contributed by atoms with Crippen LogP contribution in [0.4, 0.5) is 0 Å². The molecule has 1 unspecified atom stereocenters. The predicted molar refractivity (Wildman–Crippen MR) is 60.6 cm³/mol. The van der Waals surface area contributed by atoms with Crippen LogP contribution in [0.2, 0.25) is 0 Å². The van der Waals surface area contributed by atoms with Gasteiger partial charge in [-0.05, 0) is 24.2 Å². The molecule has 2 rings (SSSR count). The van der Waals surface area contributed by atoms with E-state index in [2.05, 4.69) is 12.1 Å². The molecule has 0 saturated heterocycles. The molecule has 0 radical (unpaired) electrons. The summed E-state index contributed by atoms with van der Waals surface area (Å²) in [5, 5.41) is 0. The first-order chi connectivity index (χ1) is 7.40. The molecule has 78 valence electrons. The second-order valence-electron chi connectivity index (χ2n) is 3.63. The molecule has 0 aliphatic carbocycles. The normalized spacial score (nSPS) is 12.6. The summed E-state index contributed by atoms with van der Waals surface area (Å²) in [5.41, 5.74) is 7.05. The van der Waals surface area contributed by atoms with Crippen LogP contribution in [-0.4, -0.2) is 6.54 Å². The van der Waals surface area contributed by atoms with Gasteiger partial charge in [0.05, 0.1) is 6.26 Å². The Bertz CT molecular complexity index is 380. The SMILES string of the molecule is NCC(Cc1ccco1)c1ccccc1. The first kappa shape index (κ1) is 9.99. The molecule has 2 nitrogen and oxygen atoms in total. The molecule has 1 atom stereocenters. The molecule has 0 aliphatic rings. The second-order valence-corrected chi connectivity index (χ2v) is 3.63. The Hall–Kier alpha value is -1.54. The maximum Gasteiger partial charge on any atom is 0.104 e. The molecule has 0 saturated carbocycles. The quantitative estimate of drug-likeness (QED) is 0.825. The molecule has 1 aromatic carbocycles. The van der Waals surface area contributed by atoms with Gasteiger partial charge in [0, 0.05) is 12.3 Å². The van der Waals surface area contributed by atoms with Gasteiger partial charge in [-0.25, -0.2) is 0 Å². The van der Waals surface area contributed by atoms with E-state index in [1.807, 2.05) is 30.3 Å². The molecule has 0 spiro atoms. The van der Waals surface area contributed by atoms with E-state index < -0.39 is 0 Å². The van der Waals surface area contributed by atoms with Crippen LogP contribution < -0.4 is 5.73 Å². The lowest BCUT2D eigenvalue weighted by Crippen LogP contribution is -2.14. The number of hydrogen-bond acceptors (Lipinski definition) is 2. The van der Waals surface area contributed by atoms with Crippen molar-refractivity contribution in [2.75, 3.05) is 6.54 Å². The van der Waals surface area contributed by atoms with Crippen LogP contribution in [0.25, 0.3) is 0 Å². The van der Waals surface area contributed by atoms with Crippen LogP contribution in [0, 0.1) is 0 Å². The number of benzene rings is 1. The lowest BCUT2D eigenvalue weighted by molar-refractivity contribution is 0.487. The second kappa shape index (κ2) is 4.80.